The summed E-state index contributed by atoms with van der Waals surface area (Å²) in [5.74, 6) is 0. The summed E-state index contributed by atoms with van der Waals surface area (Å²) in [6, 6.07) is 0. The first-order chi connectivity index (χ1) is 6.91. The molecule has 6 heteroatoms. The minimum absolute atomic E-state index is 0.346. The second kappa shape index (κ2) is 5.53. The van der Waals surface area contributed by atoms with Gasteiger partial charge in [-0.25, -0.2) is 0 Å². The molecule has 86 valence electrons. The molecule has 3 atom stereocenters. The predicted molar refractivity (Wildman–Crippen MR) is 60.1 cm³/mol. The van der Waals surface area contributed by atoms with Gasteiger partial charge in [0.2, 0.25) is 0 Å². The van der Waals surface area contributed by atoms with Crippen molar-refractivity contribution in [1.29, 1.82) is 0 Å². The van der Waals surface area contributed by atoms with E-state index >= 15 is 0 Å². The van der Waals surface area contributed by atoms with E-state index < -0.39 is 23.9 Å². The third kappa shape index (κ3) is 3.63. The molecule has 0 radical (unpaired) electrons. The van der Waals surface area contributed by atoms with Crippen LogP contribution in [0, 0.1) is 0 Å². The van der Waals surface area contributed by atoms with Gasteiger partial charge in [-0.05, 0) is 19.1 Å². The van der Waals surface area contributed by atoms with Gasteiger partial charge in [0.05, 0.1) is 21.5 Å². The predicted octanol–water partition coefficient (Wildman–Crippen LogP) is 1.94. The molecule has 1 aliphatic rings. The minimum atomic E-state index is -1.55. The van der Waals surface area contributed by atoms with E-state index in [1.165, 1.54) is 6.92 Å². The van der Waals surface area contributed by atoms with Crippen molar-refractivity contribution >= 4 is 34.8 Å². The second-order valence-corrected chi connectivity index (χ2v) is 4.51. The van der Waals surface area contributed by atoms with E-state index in [4.69, 9.17) is 49.8 Å². The molecular weight excluding hydrogens is 262 g/mol. The zero-order chi connectivity index (χ0) is 11.6. The lowest BCUT2D eigenvalue weighted by Crippen LogP contribution is -2.34. The van der Waals surface area contributed by atoms with E-state index in [1.54, 1.807) is 12.2 Å². The Morgan fingerprint density at radius 3 is 2.33 bits per heavy atom. The number of hydrogen-bond acceptors (Lipinski definition) is 3. The molecule has 0 aromatic rings. The number of aliphatic hydroxyl groups excluding tert-OH is 1. The van der Waals surface area contributed by atoms with Crippen molar-refractivity contribution in [2.75, 3.05) is 0 Å². The zero-order valence-electron chi connectivity index (χ0n) is 7.90. The molecule has 0 amide bonds. The van der Waals surface area contributed by atoms with E-state index in [2.05, 4.69) is 0 Å². The van der Waals surface area contributed by atoms with Gasteiger partial charge in [0.25, 0.3) is 0 Å². The molecule has 15 heavy (non-hydrogen) atoms. The van der Waals surface area contributed by atoms with Crippen molar-refractivity contribution in [3.8, 4) is 0 Å². The molecule has 0 fully saturated rings. The maximum absolute atomic E-state index is 8.85. The Labute approximate surface area is 103 Å². The van der Waals surface area contributed by atoms with Gasteiger partial charge in [-0.3, -0.25) is 0 Å². The van der Waals surface area contributed by atoms with Crippen LogP contribution in [0.4, 0.5) is 0 Å². The highest BCUT2D eigenvalue weighted by molar-refractivity contribution is 6.44. The number of alkyl halides is 1. The van der Waals surface area contributed by atoms with Crippen molar-refractivity contribution in [1.82, 2.24) is 0 Å². The Kier molecular flexibility index (Phi) is 4.90. The SMILES string of the molecule is CC(OC1C=C(Cl)C(Cl)=CC1Cl)C(O)O. The zero-order valence-corrected chi connectivity index (χ0v) is 10.2. The Morgan fingerprint density at radius 2 is 1.80 bits per heavy atom. The molecule has 0 saturated heterocycles. The monoisotopic (exact) mass is 272 g/mol. The third-order valence-electron chi connectivity index (χ3n) is 1.95. The summed E-state index contributed by atoms with van der Waals surface area (Å²) in [6.07, 6.45) is 0.274. The third-order valence-corrected chi connectivity index (χ3v) is 3.08. The van der Waals surface area contributed by atoms with Crippen molar-refractivity contribution in [2.24, 2.45) is 0 Å². The average molecular weight is 274 g/mol. The van der Waals surface area contributed by atoms with Gasteiger partial charge in [0.15, 0.2) is 6.29 Å². The maximum Gasteiger partial charge on any atom is 0.178 e. The number of aliphatic hydroxyl groups is 2. The fraction of sp³-hybridized carbons (Fsp3) is 0.556. The maximum atomic E-state index is 8.85. The molecule has 0 spiro atoms. The Balaban J connectivity index is 2.65. The van der Waals surface area contributed by atoms with Crippen LogP contribution < -0.4 is 0 Å². The number of allylic oxidation sites excluding steroid dienone is 2. The number of halogens is 3. The molecule has 0 aliphatic heterocycles. The van der Waals surface area contributed by atoms with Crippen molar-refractivity contribution in [3.05, 3.63) is 22.2 Å². The lowest BCUT2D eigenvalue weighted by Gasteiger charge is -2.26. The molecule has 0 aromatic heterocycles. The molecule has 3 unspecified atom stereocenters. The summed E-state index contributed by atoms with van der Waals surface area (Å²) in [6.45, 7) is 1.52. The molecule has 2 N–H and O–H groups in total. The van der Waals surface area contributed by atoms with Crippen LogP contribution in [0.25, 0.3) is 0 Å². The second-order valence-electron chi connectivity index (χ2n) is 3.19. The molecule has 1 aliphatic carbocycles. The van der Waals surface area contributed by atoms with Crippen LogP contribution in [0.3, 0.4) is 0 Å². The van der Waals surface area contributed by atoms with Gasteiger partial charge in [-0.1, -0.05) is 23.2 Å². The Hall–Kier alpha value is 0.230. The summed E-state index contributed by atoms with van der Waals surface area (Å²) in [5, 5.41) is 17.9. The van der Waals surface area contributed by atoms with Gasteiger partial charge < -0.3 is 14.9 Å². The normalized spacial score (nSPS) is 28.7. The van der Waals surface area contributed by atoms with E-state index in [0.29, 0.717) is 10.1 Å². The van der Waals surface area contributed by atoms with Crippen LogP contribution in [0.5, 0.6) is 0 Å². The lowest BCUT2D eigenvalue weighted by atomic mass is 10.1. The summed E-state index contributed by atoms with van der Waals surface area (Å²) in [7, 11) is 0. The van der Waals surface area contributed by atoms with Crippen LogP contribution in [0.2, 0.25) is 0 Å². The summed E-state index contributed by atoms with van der Waals surface area (Å²) in [5.41, 5.74) is 0. The Bertz CT molecular complexity index is 288. The fourth-order valence-corrected chi connectivity index (χ4v) is 1.77. The van der Waals surface area contributed by atoms with Crippen LogP contribution >= 0.6 is 34.8 Å². The molecule has 0 aromatic carbocycles. The number of hydrogen-bond donors (Lipinski definition) is 2. The first kappa shape index (κ1) is 13.3. The topological polar surface area (TPSA) is 49.7 Å². The van der Waals surface area contributed by atoms with Crippen LogP contribution in [0.1, 0.15) is 6.92 Å². The van der Waals surface area contributed by atoms with Gasteiger partial charge >= 0.3 is 0 Å². The highest BCUT2D eigenvalue weighted by Crippen LogP contribution is 2.29. The quantitative estimate of drug-likeness (QED) is 0.610. The smallest absolute Gasteiger partial charge is 0.178 e. The molecule has 0 heterocycles. The fourth-order valence-electron chi connectivity index (χ4n) is 1.06. The molecule has 0 bridgehead atoms. The lowest BCUT2D eigenvalue weighted by molar-refractivity contribution is -0.148. The molecular formula is C9H11Cl3O3. The van der Waals surface area contributed by atoms with E-state index in [0.717, 1.165) is 0 Å². The minimum Gasteiger partial charge on any atom is -0.366 e. The summed E-state index contributed by atoms with van der Waals surface area (Å²) >= 11 is 17.5. The number of rotatable bonds is 3. The van der Waals surface area contributed by atoms with Gasteiger partial charge in [0.1, 0.15) is 6.10 Å². The van der Waals surface area contributed by atoms with Gasteiger partial charge in [-0.2, -0.15) is 0 Å². The molecule has 0 saturated carbocycles. The van der Waals surface area contributed by atoms with Crippen molar-refractivity contribution in [3.63, 3.8) is 0 Å². The Morgan fingerprint density at radius 1 is 1.27 bits per heavy atom. The summed E-state index contributed by atoms with van der Waals surface area (Å²) < 4.78 is 5.29. The molecule has 3 nitrogen and oxygen atoms in total. The van der Waals surface area contributed by atoms with Gasteiger partial charge in [0, 0.05) is 0 Å². The molecule has 1 rings (SSSR count). The van der Waals surface area contributed by atoms with Gasteiger partial charge in [-0.15, -0.1) is 11.6 Å². The first-order valence-corrected chi connectivity index (χ1v) is 5.51. The van der Waals surface area contributed by atoms with E-state index in [9.17, 15) is 0 Å². The first-order valence-electron chi connectivity index (χ1n) is 4.32. The van der Waals surface area contributed by atoms with E-state index in [-0.39, 0.29) is 0 Å². The van der Waals surface area contributed by atoms with Crippen molar-refractivity contribution in [2.45, 2.75) is 30.8 Å². The summed E-state index contributed by atoms with van der Waals surface area (Å²) in [4.78, 5) is 0. The van der Waals surface area contributed by atoms with Crippen molar-refractivity contribution < 1.29 is 14.9 Å². The highest BCUT2D eigenvalue weighted by Gasteiger charge is 2.26. The highest BCUT2D eigenvalue weighted by atomic mass is 35.5. The average Bonchev–Trinajstić information content (AvgIpc) is 2.13. The van der Waals surface area contributed by atoms with Crippen LogP contribution in [0.15, 0.2) is 22.2 Å². The van der Waals surface area contributed by atoms with E-state index in [1.807, 2.05) is 0 Å². The standard InChI is InChI=1S/C9H11Cl3O3/c1-4(9(13)14)15-8-3-6(11)5(10)2-7(8)12/h2-4,7-9,13-14H,1H3. The van der Waals surface area contributed by atoms with Crippen LogP contribution in [-0.4, -0.2) is 34.1 Å². The van der Waals surface area contributed by atoms with Crippen LogP contribution in [-0.2, 0) is 4.74 Å². The largest absolute Gasteiger partial charge is 0.366 e. The number of ether oxygens (including phenoxy) is 1.